The average Bonchev–Trinajstić information content (AvgIpc) is 2.83. The van der Waals surface area contributed by atoms with E-state index in [1.807, 2.05) is 25.1 Å². The first-order valence-corrected chi connectivity index (χ1v) is 12.2. The van der Waals surface area contributed by atoms with Gasteiger partial charge in [0.1, 0.15) is 11.6 Å². The summed E-state index contributed by atoms with van der Waals surface area (Å²) in [7, 11) is 0. The second-order valence-corrected chi connectivity index (χ2v) is 9.80. The van der Waals surface area contributed by atoms with Crippen molar-refractivity contribution >= 4 is 18.4 Å². The third-order valence-electron chi connectivity index (χ3n) is 7.24. The van der Waals surface area contributed by atoms with Crippen molar-refractivity contribution in [3.05, 3.63) is 106 Å². The smallest absolute Gasteiger partial charge is 0.318 e. The zero-order chi connectivity index (χ0) is 24.6. The number of piperidine rings is 1. The lowest BCUT2D eigenvalue weighted by Gasteiger charge is -2.41. The summed E-state index contributed by atoms with van der Waals surface area (Å²) in [4.78, 5) is 15.1. The van der Waals surface area contributed by atoms with E-state index in [1.165, 1.54) is 23.8 Å². The van der Waals surface area contributed by atoms with Crippen LogP contribution in [0.3, 0.4) is 0 Å². The van der Waals surface area contributed by atoms with E-state index in [9.17, 15) is 19.4 Å². The average molecular weight is 512 g/mol. The number of carbonyl (C=O) groups is 1. The quantitative estimate of drug-likeness (QED) is 0.435. The standard InChI is InChI=1S/C29H30FNO4.ClH/c1-19(7-8-20-9-11-23(30)12-10-20)22-15-26-27(29(33,34)16-22)25-18-31(14-13-24(25)28(32)35-26)17-21-5-3-2-4-6-21;/h2-6,9-12,15-16,19,24,33-34H,7-8,13-14,17-18H2,1H3;1H. The van der Waals surface area contributed by atoms with Gasteiger partial charge in [-0.2, -0.15) is 0 Å². The highest BCUT2D eigenvalue weighted by atomic mass is 35.5. The number of aliphatic hydroxyl groups is 2. The van der Waals surface area contributed by atoms with Crippen molar-refractivity contribution < 1.29 is 24.1 Å². The molecule has 2 atom stereocenters. The van der Waals surface area contributed by atoms with Gasteiger partial charge in [-0.1, -0.05) is 49.4 Å². The zero-order valence-corrected chi connectivity index (χ0v) is 21.0. The summed E-state index contributed by atoms with van der Waals surface area (Å²) in [5.74, 6) is -3.05. The van der Waals surface area contributed by atoms with Crippen LogP contribution in [0.25, 0.3) is 0 Å². The molecule has 0 radical (unpaired) electrons. The second kappa shape index (κ2) is 10.7. The van der Waals surface area contributed by atoms with Crippen LogP contribution in [0.5, 0.6) is 0 Å². The highest BCUT2D eigenvalue weighted by molar-refractivity contribution is 5.85. The maximum Gasteiger partial charge on any atom is 0.318 e. The number of hydrogen-bond acceptors (Lipinski definition) is 5. The number of rotatable bonds is 6. The molecule has 2 aliphatic heterocycles. The topological polar surface area (TPSA) is 70.0 Å². The maximum absolute atomic E-state index is 13.2. The fourth-order valence-corrected chi connectivity index (χ4v) is 5.30. The molecule has 7 heteroatoms. The second-order valence-electron chi connectivity index (χ2n) is 9.80. The minimum Gasteiger partial charge on any atom is -0.426 e. The van der Waals surface area contributed by atoms with Crippen molar-refractivity contribution in [1.29, 1.82) is 0 Å². The Hall–Kier alpha value is -2.77. The molecule has 0 amide bonds. The molecule has 36 heavy (non-hydrogen) atoms. The number of allylic oxidation sites excluding steroid dienone is 2. The van der Waals surface area contributed by atoms with Gasteiger partial charge in [-0.3, -0.25) is 9.69 Å². The normalized spacial score (nSPS) is 21.9. The Kier molecular flexibility index (Phi) is 7.81. The van der Waals surface area contributed by atoms with Gasteiger partial charge in [0, 0.05) is 13.1 Å². The summed E-state index contributed by atoms with van der Waals surface area (Å²) in [5, 5.41) is 22.3. The molecule has 190 valence electrons. The summed E-state index contributed by atoms with van der Waals surface area (Å²) in [6.07, 6.45) is 5.27. The van der Waals surface area contributed by atoms with E-state index in [2.05, 4.69) is 17.0 Å². The molecule has 1 fully saturated rings. The van der Waals surface area contributed by atoms with Crippen LogP contribution >= 0.6 is 12.4 Å². The van der Waals surface area contributed by atoms with E-state index in [1.54, 1.807) is 18.2 Å². The third kappa shape index (κ3) is 5.47. The van der Waals surface area contributed by atoms with Gasteiger partial charge in [0.05, 0.1) is 11.5 Å². The SMILES string of the molecule is CC(CCc1ccc(F)cc1)C1=CC(O)(O)C2=C3CN(Cc4ccccc4)CCC3C(=O)OC2=C1.Cl. The molecular weight excluding hydrogens is 481 g/mol. The largest absolute Gasteiger partial charge is 0.426 e. The van der Waals surface area contributed by atoms with Crippen molar-refractivity contribution in [1.82, 2.24) is 4.90 Å². The lowest BCUT2D eigenvalue weighted by Crippen LogP contribution is -2.46. The summed E-state index contributed by atoms with van der Waals surface area (Å²) in [5.41, 5.74) is 3.92. The predicted molar refractivity (Wildman–Crippen MR) is 137 cm³/mol. The van der Waals surface area contributed by atoms with E-state index in [0.717, 1.165) is 37.1 Å². The van der Waals surface area contributed by atoms with Crippen molar-refractivity contribution in [3.8, 4) is 0 Å². The minimum absolute atomic E-state index is 0. The molecule has 3 aliphatic rings. The van der Waals surface area contributed by atoms with Crippen LogP contribution in [0, 0.1) is 17.7 Å². The highest BCUT2D eigenvalue weighted by Gasteiger charge is 2.46. The van der Waals surface area contributed by atoms with Crippen molar-refractivity contribution in [2.75, 3.05) is 13.1 Å². The van der Waals surface area contributed by atoms with Gasteiger partial charge in [0.25, 0.3) is 0 Å². The predicted octanol–water partition coefficient (Wildman–Crippen LogP) is 4.70. The van der Waals surface area contributed by atoms with E-state index in [4.69, 9.17) is 4.74 Å². The van der Waals surface area contributed by atoms with Crippen molar-refractivity contribution in [2.24, 2.45) is 11.8 Å². The fraction of sp³-hybridized carbons (Fsp3) is 0.345. The van der Waals surface area contributed by atoms with Gasteiger partial charge < -0.3 is 14.9 Å². The lowest BCUT2D eigenvalue weighted by molar-refractivity contribution is -0.147. The number of fused-ring (bicyclic) bond motifs is 2. The van der Waals surface area contributed by atoms with E-state index in [0.29, 0.717) is 24.1 Å². The van der Waals surface area contributed by atoms with Crippen LogP contribution in [-0.4, -0.2) is 40.0 Å². The highest BCUT2D eigenvalue weighted by Crippen LogP contribution is 2.44. The number of hydrogen-bond donors (Lipinski definition) is 2. The molecule has 1 aliphatic carbocycles. The number of nitrogens with zero attached hydrogens (tertiary/aromatic N) is 1. The van der Waals surface area contributed by atoms with E-state index < -0.39 is 11.7 Å². The Morgan fingerprint density at radius 1 is 1.11 bits per heavy atom. The van der Waals surface area contributed by atoms with Crippen LogP contribution in [0.15, 0.2) is 89.2 Å². The number of carbonyl (C=O) groups excluding carboxylic acids is 1. The Bertz CT molecular complexity index is 1200. The fourth-order valence-electron chi connectivity index (χ4n) is 5.30. The summed E-state index contributed by atoms with van der Waals surface area (Å²) < 4.78 is 18.8. The maximum atomic E-state index is 13.2. The lowest BCUT2D eigenvalue weighted by atomic mass is 9.78. The van der Waals surface area contributed by atoms with Crippen LogP contribution in [0.1, 0.15) is 30.9 Å². The minimum atomic E-state index is -2.21. The molecular formula is C29H31ClFNO4. The Balaban J connectivity index is 0.00000304. The molecule has 0 aromatic heterocycles. The molecule has 2 N–H and O–H groups in total. The monoisotopic (exact) mass is 511 g/mol. The summed E-state index contributed by atoms with van der Waals surface area (Å²) >= 11 is 0. The summed E-state index contributed by atoms with van der Waals surface area (Å²) in [6, 6.07) is 16.5. The molecule has 2 heterocycles. The van der Waals surface area contributed by atoms with Crippen molar-refractivity contribution in [3.63, 3.8) is 0 Å². The first-order valence-electron chi connectivity index (χ1n) is 12.2. The van der Waals surface area contributed by atoms with Gasteiger partial charge in [-0.05, 0) is 78.3 Å². The Morgan fingerprint density at radius 2 is 1.83 bits per heavy atom. The number of aryl methyl sites for hydroxylation is 1. The van der Waals surface area contributed by atoms with E-state index in [-0.39, 0.29) is 35.9 Å². The van der Waals surface area contributed by atoms with Crippen LogP contribution in [-0.2, 0) is 22.5 Å². The first-order chi connectivity index (χ1) is 16.8. The molecule has 0 saturated carbocycles. The zero-order valence-electron chi connectivity index (χ0n) is 20.2. The number of ether oxygens (including phenoxy) is 1. The van der Waals surface area contributed by atoms with Crippen LogP contribution in [0.4, 0.5) is 4.39 Å². The number of benzene rings is 2. The van der Waals surface area contributed by atoms with Gasteiger partial charge in [-0.15, -0.1) is 12.4 Å². The molecule has 5 nitrogen and oxygen atoms in total. The van der Waals surface area contributed by atoms with E-state index >= 15 is 0 Å². The molecule has 1 saturated heterocycles. The summed E-state index contributed by atoms with van der Waals surface area (Å²) in [6.45, 7) is 3.93. The number of halogens is 2. The first kappa shape index (κ1) is 26.3. The molecule has 2 aromatic carbocycles. The molecule has 0 spiro atoms. The van der Waals surface area contributed by atoms with Gasteiger partial charge in [0.2, 0.25) is 5.79 Å². The third-order valence-corrected chi connectivity index (χ3v) is 7.24. The van der Waals surface area contributed by atoms with Crippen molar-refractivity contribution in [2.45, 2.75) is 38.5 Å². The molecule has 2 unspecified atom stereocenters. The van der Waals surface area contributed by atoms with Crippen LogP contribution in [0.2, 0.25) is 0 Å². The molecule has 0 bridgehead atoms. The molecule has 5 rings (SSSR count). The molecule has 2 aromatic rings. The van der Waals surface area contributed by atoms with Gasteiger partial charge >= 0.3 is 5.97 Å². The number of esters is 1. The van der Waals surface area contributed by atoms with Gasteiger partial charge in [-0.25, -0.2) is 4.39 Å². The Morgan fingerprint density at radius 3 is 2.56 bits per heavy atom. The van der Waals surface area contributed by atoms with Crippen LogP contribution < -0.4 is 0 Å². The number of likely N-dealkylation sites (tertiary alicyclic amines) is 1. The Labute approximate surface area is 217 Å². The van der Waals surface area contributed by atoms with Gasteiger partial charge in [0.15, 0.2) is 0 Å².